The van der Waals surface area contributed by atoms with Crippen LogP contribution in [0.4, 0.5) is 5.69 Å². The number of nitrogens with two attached hydrogens (primary N) is 1. The number of anilines is 1. The van der Waals surface area contributed by atoms with Crippen LogP contribution in [0, 0.1) is 5.92 Å². The lowest BCUT2D eigenvalue weighted by atomic mass is 10.1. The van der Waals surface area contributed by atoms with Gasteiger partial charge in [-0.1, -0.05) is 23.2 Å². The summed E-state index contributed by atoms with van der Waals surface area (Å²) >= 11 is 11.7. The van der Waals surface area contributed by atoms with Crippen LogP contribution < -0.4 is 11.1 Å². The van der Waals surface area contributed by atoms with Crippen LogP contribution in [0.25, 0.3) is 0 Å². The number of carbonyl (C=O) groups excluding carboxylic acids is 1. The van der Waals surface area contributed by atoms with Crippen molar-refractivity contribution in [2.24, 2.45) is 5.92 Å². The van der Waals surface area contributed by atoms with Crippen LogP contribution in [-0.4, -0.2) is 25.7 Å². The molecule has 0 saturated carbocycles. The normalized spacial score (nSPS) is 18.5. The molecule has 1 heterocycles. The number of nitrogens with one attached hydrogen (secondary N) is 1. The fourth-order valence-corrected chi connectivity index (χ4v) is 2.38. The lowest BCUT2D eigenvalue weighted by molar-refractivity contribution is 0.0950. The Morgan fingerprint density at radius 3 is 2.89 bits per heavy atom. The average molecular weight is 303 g/mol. The van der Waals surface area contributed by atoms with Crippen molar-refractivity contribution in [3.05, 3.63) is 27.7 Å². The zero-order chi connectivity index (χ0) is 13.8. The molecule has 6 heteroatoms. The number of amides is 1. The molecule has 0 spiro atoms. The van der Waals surface area contributed by atoms with Gasteiger partial charge >= 0.3 is 0 Å². The molecule has 1 aromatic rings. The molecule has 1 aromatic carbocycles. The summed E-state index contributed by atoms with van der Waals surface area (Å²) in [5.74, 6) is 0.350. The number of hydrogen-bond acceptors (Lipinski definition) is 3. The number of hydrogen-bond donors (Lipinski definition) is 2. The van der Waals surface area contributed by atoms with Gasteiger partial charge in [-0.15, -0.1) is 0 Å². The molecule has 4 nitrogen and oxygen atoms in total. The molecular formula is C13H16Cl2N2O2. The van der Waals surface area contributed by atoms with Gasteiger partial charge in [0.2, 0.25) is 0 Å². The quantitative estimate of drug-likeness (QED) is 0.841. The minimum atomic E-state index is -0.191. The molecule has 0 aliphatic carbocycles. The summed E-state index contributed by atoms with van der Waals surface area (Å²) in [5.41, 5.74) is 6.41. The van der Waals surface area contributed by atoms with Crippen LogP contribution in [0.5, 0.6) is 0 Å². The number of benzene rings is 1. The van der Waals surface area contributed by atoms with E-state index in [0.717, 1.165) is 26.1 Å². The van der Waals surface area contributed by atoms with Gasteiger partial charge in [0.05, 0.1) is 15.7 Å². The highest BCUT2D eigenvalue weighted by atomic mass is 35.5. The van der Waals surface area contributed by atoms with E-state index in [1.54, 1.807) is 0 Å². The molecule has 1 atom stereocenters. The van der Waals surface area contributed by atoms with Gasteiger partial charge in [-0.3, -0.25) is 4.79 Å². The third-order valence-electron chi connectivity index (χ3n) is 3.18. The molecule has 1 aliphatic heterocycles. The predicted octanol–water partition coefficient (Wildman–Crippen LogP) is 2.73. The molecule has 1 amide bonds. The minimum Gasteiger partial charge on any atom is -0.397 e. The fourth-order valence-electron chi connectivity index (χ4n) is 2.04. The standard InChI is InChI=1S/C13H16Cl2N2O2/c14-10-5-9(6-11(16)12(10)15)13(18)17-3-1-8-2-4-19-7-8/h5-6,8H,1-4,7,16H2,(H,17,18). The number of ether oxygens (including phenoxy) is 1. The molecule has 0 radical (unpaired) electrons. The Kier molecular flexibility index (Phi) is 4.91. The van der Waals surface area contributed by atoms with Crippen molar-refractivity contribution in [3.8, 4) is 0 Å². The van der Waals surface area contributed by atoms with Gasteiger partial charge in [0.1, 0.15) is 0 Å². The van der Waals surface area contributed by atoms with E-state index in [-0.39, 0.29) is 16.0 Å². The molecule has 104 valence electrons. The zero-order valence-corrected chi connectivity index (χ0v) is 11.9. The third-order valence-corrected chi connectivity index (χ3v) is 4.00. The highest BCUT2D eigenvalue weighted by Gasteiger charge is 2.16. The van der Waals surface area contributed by atoms with Crippen molar-refractivity contribution >= 4 is 34.8 Å². The van der Waals surface area contributed by atoms with Crippen molar-refractivity contribution in [2.75, 3.05) is 25.5 Å². The second kappa shape index (κ2) is 6.46. The lowest BCUT2D eigenvalue weighted by Crippen LogP contribution is -2.26. The molecule has 1 aliphatic rings. The molecule has 1 fully saturated rings. The highest BCUT2D eigenvalue weighted by molar-refractivity contribution is 6.43. The Morgan fingerprint density at radius 1 is 1.47 bits per heavy atom. The number of halogens is 2. The first-order chi connectivity index (χ1) is 9.08. The summed E-state index contributed by atoms with van der Waals surface area (Å²) in [6, 6.07) is 3.05. The largest absolute Gasteiger partial charge is 0.397 e. The van der Waals surface area contributed by atoms with E-state index >= 15 is 0 Å². The van der Waals surface area contributed by atoms with Crippen molar-refractivity contribution in [2.45, 2.75) is 12.8 Å². The molecular weight excluding hydrogens is 287 g/mol. The summed E-state index contributed by atoms with van der Waals surface area (Å²) in [7, 11) is 0. The summed E-state index contributed by atoms with van der Waals surface area (Å²) < 4.78 is 5.28. The summed E-state index contributed by atoms with van der Waals surface area (Å²) in [5, 5.41) is 3.41. The third kappa shape index (κ3) is 3.75. The van der Waals surface area contributed by atoms with Gasteiger partial charge < -0.3 is 15.8 Å². The molecule has 0 aromatic heterocycles. The van der Waals surface area contributed by atoms with E-state index < -0.39 is 0 Å². The van der Waals surface area contributed by atoms with E-state index in [1.165, 1.54) is 12.1 Å². The smallest absolute Gasteiger partial charge is 0.251 e. The number of carbonyl (C=O) groups is 1. The molecule has 19 heavy (non-hydrogen) atoms. The Balaban J connectivity index is 1.88. The monoisotopic (exact) mass is 302 g/mol. The highest BCUT2D eigenvalue weighted by Crippen LogP contribution is 2.29. The van der Waals surface area contributed by atoms with Crippen LogP contribution in [0.3, 0.4) is 0 Å². The van der Waals surface area contributed by atoms with Crippen LogP contribution >= 0.6 is 23.2 Å². The van der Waals surface area contributed by atoms with E-state index in [0.29, 0.717) is 23.7 Å². The van der Waals surface area contributed by atoms with E-state index in [1.807, 2.05) is 0 Å². The Morgan fingerprint density at radius 2 is 2.26 bits per heavy atom. The molecule has 2 rings (SSSR count). The van der Waals surface area contributed by atoms with Crippen molar-refractivity contribution in [3.63, 3.8) is 0 Å². The lowest BCUT2D eigenvalue weighted by Gasteiger charge is -2.10. The second-order valence-electron chi connectivity index (χ2n) is 4.64. The van der Waals surface area contributed by atoms with Gasteiger partial charge in [0, 0.05) is 25.3 Å². The Hall–Kier alpha value is -0.970. The molecule has 1 saturated heterocycles. The SMILES string of the molecule is Nc1cc(C(=O)NCCC2CCOC2)cc(Cl)c1Cl. The summed E-state index contributed by atoms with van der Waals surface area (Å²) in [4.78, 5) is 11.9. The van der Waals surface area contributed by atoms with Crippen LogP contribution in [0.1, 0.15) is 23.2 Å². The topological polar surface area (TPSA) is 64.4 Å². The van der Waals surface area contributed by atoms with Crippen molar-refractivity contribution < 1.29 is 9.53 Å². The van der Waals surface area contributed by atoms with Crippen LogP contribution in [-0.2, 0) is 4.74 Å². The van der Waals surface area contributed by atoms with Gasteiger partial charge in [0.25, 0.3) is 5.91 Å². The Labute approximate surface area is 122 Å². The maximum atomic E-state index is 11.9. The van der Waals surface area contributed by atoms with Gasteiger partial charge in [-0.2, -0.15) is 0 Å². The average Bonchev–Trinajstić information content (AvgIpc) is 2.88. The summed E-state index contributed by atoms with van der Waals surface area (Å²) in [6.07, 6.45) is 1.98. The Bertz CT molecular complexity index is 451. The molecule has 3 N–H and O–H groups in total. The maximum Gasteiger partial charge on any atom is 0.251 e. The first kappa shape index (κ1) is 14.4. The van der Waals surface area contributed by atoms with E-state index in [4.69, 9.17) is 33.7 Å². The number of rotatable bonds is 4. The van der Waals surface area contributed by atoms with Crippen LogP contribution in [0.2, 0.25) is 10.0 Å². The van der Waals surface area contributed by atoms with Crippen LogP contribution in [0.15, 0.2) is 12.1 Å². The number of nitrogen functional groups attached to an aromatic ring is 1. The maximum absolute atomic E-state index is 11.9. The van der Waals surface area contributed by atoms with Gasteiger partial charge in [-0.05, 0) is 30.9 Å². The first-order valence-corrected chi connectivity index (χ1v) is 6.94. The zero-order valence-electron chi connectivity index (χ0n) is 10.4. The van der Waals surface area contributed by atoms with E-state index in [2.05, 4.69) is 5.32 Å². The van der Waals surface area contributed by atoms with Crippen molar-refractivity contribution in [1.82, 2.24) is 5.32 Å². The first-order valence-electron chi connectivity index (χ1n) is 6.18. The van der Waals surface area contributed by atoms with Gasteiger partial charge in [-0.25, -0.2) is 0 Å². The van der Waals surface area contributed by atoms with Gasteiger partial charge in [0.15, 0.2) is 0 Å². The fraction of sp³-hybridized carbons (Fsp3) is 0.462. The predicted molar refractivity (Wildman–Crippen MR) is 76.8 cm³/mol. The van der Waals surface area contributed by atoms with E-state index in [9.17, 15) is 4.79 Å². The second-order valence-corrected chi connectivity index (χ2v) is 5.42. The minimum absolute atomic E-state index is 0.191. The molecule has 1 unspecified atom stereocenters. The van der Waals surface area contributed by atoms with Crippen molar-refractivity contribution in [1.29, 1.82) is 0 Å². The summed E-state index contributed by atoms with van der Waals surface area (Å²) in [6.45, 7) is 2.23. The molecule has 0 bridgehead atoms.